The number of halogens is 1. The van der Waals surface area contributed by atoms with Crippen LogP contribution in [-0.2, 0) is 18.4 Å². The Morgan fingerprint density at radius 1 is 1.24 bits per heavy atom. The number of aromatic nitrogens is 2. The molecule has 0 aliphatic heterocycles. The predicted molar refractivity (Wildman–Crippen MR) is 106 cm³/mol. The van der Waals surface area contributed by atoms with E-state index in [2.05, 4.69) is 9.84 Å². The minimum absolute atomic E-state index is 0.127. The summed E-state index contributed by atoms with van der Waals surface area (Å²) >= 11 is 0. The Bertz CT molecular complexity index is 1050. The molecule has 0 saturated heterocycles. The molecule has 1 aromatic heterocycles. The van der Waals surface area contributed by atoms with Gasteiger partial charge in [-0.05, 0) is 43.7 Å². The molecule has 29 heavy (non-hydrogen) atoms. The van der Waals surface area contributed by atoms with Crippen molar-refractivity contribution in [2.24, 2.45) is 7.05 Å². The Morgan fingerprint density at radius 3 is 2.59 bits per heavy atom. The summed E-state index contributed by atoms with van der Waals surface area (Å²) in [6.07, 6.45) is -0.893. The van der Waals surface area contributed by atoms with Crippen molar-refractivity contribution in [3.63, 3.8) is 0 Å². The van der Waals surface area contributed by atoms with Gasteiger partial charge in [0.15, 0.2) is 0 Å². The molecule has 0 saturated carbocycles. The molecule has 0 spiro atoms. The first-order valence-corrected chi connectivity index (χ1v) is 8.91. The van der Waals surface area contributed by atoms with Crippen LogP contribution in [0.15, 0.2) is 42.5 Å². The Hall–Kier alpha value is -3.39. The van der Waals surface area contributed by atoms with Crippen molar-refractivity contribution in [2.75, 3.05) is 12.2 Å². The average Bonchev–Trinajstić information content (AvgIpc) is 2.99. The number of aryl methyl sites for hydroxylation is 2. The molecule has 0 bridgehead atoms. The predicted octanol–water partition coefficient (Wildman–Crippen LogP) is 4.38. The molecule has 0 unspecified atom stereocenters. The van der Waals surface area contributed by atoms with E-state index in [4.69, 9.17) is 4.74 Å². The highest BCUT2D eigenvalue weighted by molar-refractivity contribution is 5.85. The topological polar surface area (TPSA) is 76.8 Å². The van der Waals surface area contributed by atoms with Crippen LogP contribution in [0.4, 0.5) is 14.9 Å². The molecule has 0 fully saturated rings. The third-order valence-corrected chi connectivity index (χ3v) is 4.60. The van der Waals surface area contributed by atoms with Crippen LogP contribution >= 0.6 is 0 Å². The first kappa shape index (κ1) is 20.3. The largest absolute Gasteiger partial charge is 0.489 e. The van der Waals surface area contributed by atoms with Gasteiger partial charge in [0.25, 0.3) is 0 Å². The number of ether oxygens (including phenoxy) is 2. The second-order valence-electron chi connectivity index (χ2n) is 6.57. The normalized spacial score (nSPS) is 10.7. The lowest BCUT2D eigenvalue weighted by atomic mass is 10.1. The van der Waals surface area contributed by atoms with Crippen LogP contribution in [0.2, 0.25) is 0 Å². The number of rotatable bonds is 5. The number of hydroxylamine groups is 1. The third-order valence-electron chi connectivity index (χ3n) is 4.60. The van der Waals surface area contributed by atoms with Gasteiger partial charge in [-0.2, -0.15) is 14.6 Å². The number of methoxy groups -OCH3 is 1. The summed E-state index contributed by atoms with van der Waals surface area (Å²) in [6, 6.07) is 12.3. The lowest BCUT2D eigenvalue weighted by molar-refractivity contribution is 0.140. The van der Waals surface area contributed by atoms with Gasteiger partial charge in [-0.1, -0.05) is 18.2 Å². The lowest BCUT2D eigenvalue weighted by Gasteiger charge is -2.18. The van der Waals surface area contributed by atoms with E-state index in [1.54, 1.807) is 44.3 Å². The van der Waals surface area contributed by atoms with Crippen LogP contribution in [0.3, 0.4) is 0 Å². The van der Waals surface area contributed by atoms with Crippen molar-refractivity contribution in [3.8, 4) is 17.0 Å². The van der Waals surface area contributed by atoms with Gasteiger partial charge in [-0.15, -0.1) is 0 Å². The van der Waals surface area contributed by atoms with Crippen molar-refractivity contribution in [1.29, 1.82) is 0 Å². The van der Waals surface area contributed by atoms with E-state index in [0.717, 1.165) is 11.1 Å². The van der Waals surface area contributed by atoms with Gasteiger partial charge in [0.05, 0.1) is 18.5 Å². The maximum Gasteiger partial charge on any atom is 0.438 e. The summed E-state index contributed by atoms with van der Waals surface area (Å²) in [5, 5.41) is 14.7. The minimum atomic E-state index is -0.893. The van der Waals surface area contributed by atoms with Crippen molar-refractivity contribution in [2.45, 2.75) is 20.5 Å². The van der Waals surface area contributed by atoms with E-state index in [9.17, 15) is 14.4 Å². The number of anilines is 1. The zero-order valence-electron chi connectivity index (χ0n) is 16.6. The highest BCUT2D eigenvalue weighted by Gasteiger charge is 2.18. The first-order valence-electron chi connectivity index (χ1n) is 8.91. The van der Waals surface area contributed by atoms with Gasteiger partial charge in [0.1, 0.15) is 12.4 Å². The molecule has 8 heteroatoms. The first-order chi connectivity index (χ1) is 13.8. The SMILES string of the molecule is COC(=O)N(O)c1ccccc1COc1ccc(-c2nn(C)c(F)c2C)cc1C. The number of para-hydroxylation sites is 1. The molecule has 0 radical (unpaired) electrons. The van der Waals surface area contributed by atoms with Gasteiger partial charge in [0, 0.05) is 23.7 Å². The van der Waals surface area contributed by atoms with Gasteiger partial charge in [-0.25, -0.2) is 9.48 Å². The Balaban J connectivity index is 1.81. The molecule has 1 N–H and O–H groups in total. The summed E-state index contributed by atoms with van der Waals surface area (Å²) in [6.45, 7) is 3.70. The molecule has 1 heterocycles. The molecule has 0 atom stereocenters. The molecule has 2 aromatic carbocycles. The van der Waals surface area contributed by atoms with Crippen molar-refractivity contribution in [3.05, 3.63) is 65.1 Å². The second kappa shape index (κ2) is 8.32. The highest BCUT2D eigenvalue weighted by atomic mass is 19.1. The van der Waals surface area contributed by atoms with Gasteiger partial charge >= 0.3 is 6.09 Å². The number of hydrogen-bond donors (Lipinski definition) is 1. The van der Waals surface area contributed by atoms with Gasteiger partial charge in [0.2, 0.25) is 5.95 Å². The average molecular weight is 399 g/mol. The third kappa shape index (κ3) is 4.07. The molecule has 1 amide bonds. The summed E-state index contributed by atoms with van der Waals surface area (Å²) in [7, 11) is 2.75. The fourth-order valence-electron chi connectivity index (χ4n) is 3.02. The number of nitrogens with zero attached hydrogens (tertiary/aromatic N) is 3. The van der Waals surface area contributed by atoms with E-state index in [1.807, 2.05) is 19.1 Å². The molecule has 3 aromatic rings. The van der Waals surface area contributed by atoms with E-state index in [1.165, 1.54) is 11.8 Å². The van der Waals surface area contributed by atoms with Crippen LogP contribution in [-0.4, -0.2) is 28.2 Å². The molecular formula is C21H22FN3O4. The molecule has 3 rings (SSSR count). The van der Waals surface area contributed by atoms with Crippen LogP contribution in [0.5, 0.6) is 5.75 Å². The summed E-state index contributed by atoms with van der Waals surface area (Å²) in [4.78, 5) is 11.6. The van der Waals surface area contributed by atoms with E-state index >= 15 is 0 Å². The van der Waals surface area contributed by atoms with Gasteiger partial charge < -0.3 is 9.47 Å². The zero-order valence-corrected chi connectivity index (χ0v) is 16.6. The number of hydrogen-bond acceptors (Lipinski definition) is 5. The number of carbonyl (C=O) groups excluding carboxylic acids is 1. The van der Waals surface area contributed by atoms with Crippen molar-refractivity contribution in [1.82, 2.24) is 9.78 Å². The van der Waals surface area contributed by atoms with Gasteiger partial charge in [-0.3, -0.25) is 5.21 Å². The van der Waals surface area contributed by atoms with E-state index < -0.39 is 6.09 Å². The van der Waals surface area contributed by atoms with E-state index in [-0.39, 0.29) is 18.2 Å². The number of amides is 1. The summed E-state index contributed by atoms with van der Waals surface area (Å²) in [5.74, 6) is 0.258. The summed E-state index contributed by atoms with van der Waals surface area (Å²) in [5.41, 5.74) is 3.58. The minimum Gasteiger partial charge on any atom is -0.489 e. The number of carbonyl (C=O) groups is 1. The maximum absolute atomic E-state index is 13.9. The standard InChI is InChI=1S/C21H22FN3O4/c1-13-11-15(19-14(2)20(22)24(3)23-19)9-10-18(13)29-12-16-7-5-6-8-17(16)25(27)21(26)28-4/h5-11,27H,12H2,1-4H3. The van der Waals surface area contributed by atoms with Crippen LogP contribution in [0.25, 0.3) is 11.3 Å². The number of benzene rings is 2. The Labute approximate surface area is 167 Å². The summed E-state index contributed by atoms with van der Waals surface area (Å²) < 4.78 is 25.6. The molecule has 152 valence electrons. The van der Waals surface area contributed by atoms with Crippen LogP contribution in [0.1, 0.15) is 16.7 Å². The molecule has 0 aliphatic carbocycles. The fourth-order valence-corrected chi connectivity index (χ4v) is 3.02. The maximum atomic E-state index is 13.9. The Kier molecular flexibility index (Phi) is 5.84. The lowest BCUT2D eigenvalue weighted by Crippen LogP contribution is -2.27. The van der Waals surface area contributed by atoms with Crippen molar-refractivity contribution >= 4 is 11.8 Å². The molecule has 7 nitrogen and oxygen atoms in total. The Morgan fingerprint density at radius 2 is 1.97 bits per heavy atom. The van der Waals surface area contributed by atoms with Crippen LogP contribution in [0, 0.1) is 19.8 Å². The smallest absolute Gasteiger partial charge is 0.438 e. The molecule has 0 aliphatic rings. The van der Waals surface area contributed by atoms with Crippen molar-refractivity contribution < 1.29 is 23.9 Å². The highest BCUT2D eigenvalue weighted by Crippen LogP contribution is 2.29. The monoisotopic (exact) mass is 399 g/mol. The zero-order chi connectivity index (χ0) is 21.1. The molecular weight excluding hydrogens is 377 g/mol. The second-order valence-corrected chi connectivity index (χ2v) is 6.57. The van der Waals surface area contributed by atoms with E-state index in [0.29, 0.717) is 27.6 Å². The van der Waals surface area contributed by atoms with Crippen LogP contribution < -0.4 is 9.80 Å². The quantitative estimate of drug-likeness (QED) is 0.509. The fraction of sp³-hybridized carbons (Fsp3) is 0.238.